The average Bonchev–Trinajstić information content (AvgIpc) is 2.64. The number of nitrogens with two attached hydrogens (primary N) is 1. The van der Waals surface area contributed by atoms with Crippen LogP contribution in [0.1, 0.15) is 0 Å². The number of rotatable bonds is 3. The van der Waals surface area contributed by atoms with Crippen molar-refractivity contribution in [3.8, 4) is 0 Å². The first-order valence-electron chi connectivity index (χ1n) is 4.59. The summed E-state index contributed by atoms with van der Waals surface area (Å²) >= 11 is 7.51. The zero-order valence-corrected chi connectivity index (χ0v) is 9.59. The molecule has 0 spiro atoms. The van der Waals surface area contributed by atoms with Gasteiger partial charge in [-0.3, -0.25) is 0 Å². The number of aliphatic imine (C=N–C) groups is 1. The normalized spacial score (nSPS) is 19.8. The second-order valence-electron chi connectivity index (χ2n) is 3.18. The third-order valence-electron chi connectivity index (χ3n) is 1.99. The first-order chi connectivity index (χ1) is 7.24. The van der Waals surface area contributed by atoms with E-state index in [-0.39, 0.29) is 6.10 Å². The van der Waals surface area contributed by atoms with Crippen molar-refractivity contribution >= 4 is 29.4 Å². The summed E-state index contributed by atoms with van der Waals surface area (Å²) in [6, 6.07) is 8.05. The minimum Gasteiger partial charge on any atom is -0.459 e. The van der Waals surface area contributed by atoms with Crippen molar-refractivity contribution in [3.05, 3.63) is 29.3 Å². The molecule has 1 aliphatic heterocycles. The SMILES string of the molecule is NC1=NCC(CSc2ccc(Cl)cc2)O1. The van der Waals surface area contributed by atoms with Crippen LogP contribution in [-0.4, -0.2) is 24.4 Å². The van der Waals surface area contributed by atoms with Crippen molar-refractivity contribution in [1.29, 1.82) is 0 Å². The van der Waals surface area contributed by atoms with E-state index >= 15 is 0 Å². The molecule has 0 radical (unpaired) electrons. The van der Waals surface area contributed by atoms with Crippen LogP contribution in [0, 0.1) is 0 Å². The Bertz CT molecular complexity index is 366. The summed E-state index contributed by atoms with van der Waals surface area (Å²) in [5.74, 6) is 0.853. The summed E-state index contributed by atoms with van der Waals surface area (Å²) in [5.41, 5.74) is 5.42. The number of amidine groups is 1. The summed E-state index contributed by atoms with van der Waals surface area (Å²) in [6.07, 6.45) is 0.102. The standard InChI is InChI=1S/C10H11ClN2OS/c11-7-1-3-9(4-2-7)15-6-8-5-13-10(12)14-8/h1-4,8H,5-6H2,(H2,12,13). The molecule has 0 aliphatic carbocycles. The highest BCUT2D eigenvalue weighted by atomic mass is 35.5. The number of ether oxygens (including phenoxy) is 1. The van der Waals surface area contributed by atoms with Crippen LogP contribution in [0.5, 0.6) is 0 Å². The molecule has 15 heavy (non-hydrogen) atoms. The van der Waals surface area contributed by atoms with Crippen LogP contribution in [0.15, 0.2) is 34.2 Å². The van der Waals surface area contributed by atoms with Crippen LogP contribution in [0.2, 0.25) is 5.02 Å². The smallest absolute Gasteiger partial charge is 0.282 e. The van der Waals surface area contributed by atoms with Crippen LogP contribution in [-0.2, 0) is 4.74 Å². The lowest BCUT2D eigenvalue weighted by atomic mass is 10.4. The van der Waals surface area contributed by atoms with E-state index in [0.29, 0.717) is 12.6 Å². The van der Waals surface area contributed by atoms with Crippen molar-refractivity contribution in [2.45, 2.75) is 11.0 Å². The molecule has 80 valence electrons. The van der Waals surface area contributed by atoms with Crippen LogP contribution >= 0.6 is 23.4 Å². The monoisotopic (exact) mass is 242 g/mol. The topological polar surface area (TPSA) is 47.6 Å². The van der Waals surface area contributed by atoms with Gasteiger partial charge in [0.2, 0.25) is 0 Å². The number of nitrogens with zero attached hydrogens (tertiary/aromatic N) is 1. The van der Waals surface area contributed by atoms with E-state index in [0.717, 1.165) is 10.8 Å². The van der Waals surface area contributed by atoms with E-state index in [2.05, 4.69) is 4.99 Å². The van der Waals surface area contributed by atoms with Gasteiger partial charge in [0.05, 0.1) is 6.54 Å². The number of hydrogen-bond donors (Lipinski definition) is 1. The van der Waals surface area contributed by atoms with E-state index in [1.807, 2.05) is 24.3 Å². The van der Waals surface area contributed by atoms with Gasteiger partial charge in [0.15, 0.2) is 0 Å². The molecule has 3 nitrogen and oxygen atoms in total. The maximum absolute atomic E-state index is 5.79. The molecule has 1 aromatic rings. The van der Waals surface area contributed by atoms with Crippen molar-refractivity contribution in [2.24, 2.45) is 10.7 Å². The van der Waals surface area contributed by atoms with E-state index < -0.39 is 0 Å². The van der Waals surface area contributed by atoms with Crippen molar-refractivity contribution in [2.75, 3.05) is 12.3 Å². The molecule has 1 aromatic carbocycles. The molecule has 1 unspecified atom stereocenters. The number of benzene rings is 1. The van der Waals surface area contributed by atoms with Gasteiger partial charge < -0.3 is 10.5 Å². The highest BCUT2D eigenvalue weighted by Gasteiger charge is 2.17. The molecule has 5 heteroatoms. The largest absolute Gasteiger partial charge is 0.459 e. The summed E-state index contributed by atoms with van der Waals surface area (Å²) in [7, 11) is 0. The van der Waals surface area contributed by atoms with Crippen molar-refractivity contribution in [1.82, 2.24) is 0 Å². The second-order valence-corrected chi connectivity index (χ2v) is 4.71. The fourth-order valence-corrected chi connectivity index (χ4v) is 2.25. The summed E-state index contributed by atoms with van der Waals surface area (Å²) in [5, 5.41) is 0.754. The van der Waals surface area contributed by atoms with E-state index in [1.54, 1.807) is 11.8 Å². The van der Waals surface area contributed by atoms with Gasteiger partial charge in [0, 0.05) is 15.7 Å². The molecule has 2 N–H and O–H groups in total. The van der Waals surface area contributed by atoms with Gasteiger partial charge in [0.1, 0.15) is 6.10 Å². The quantitative estimate of drug-likeness (QED) is 0.827. The Hall–Kier alpha value is -0.870. The van der Waals surface area contributed by atoms with Crippen molar-refractivity contribution in [3.63, 3.8) is 0 Å². The van der Waals surface area contributed by atoms with E-state index in [9.17, 15) is 0 Å². The van der Waals surface area contributed by atoms with Crippen LogP contribution in [0.25, 0.3) is 0 Å². The van der Waals surface area contributed by atoms with E-state index in [4.69, 9.17) is 22.1 Å². The van der Waals surface area contributed by atoms with Gasteiger partial charge in [-0.05, 0) is 24.3 Å². The Morgan fingerprint density at radius 3 is 2.80 bits per heavy atom. The van der Waals surface area contributed by atoms with Gasteiger partial charge in [-0.25, -0.2) is 4.99 Å². The number of halogens is 1. The Balaban J connectivity index is 1.81. The molecule has 1 atom stereocenters. The average molecular weight is 243 g/mol. The van der Waals surface area contributed by atoms with Gasteiger partial charge in [0.25, 0.3) is 6.02 Å². The zero-order chi connectivity index (χ0) is 10.7. The zero-order valence-electron chi connectivity index (χ0n) is 8.02. The third kappa shape index (κ3) is 3.04. The molecule has 0 aromatic heterocycles. The molecule has 1 aliphatic rings. The summed E-state index contributed by atoms with van der Waals surface area (Å²) < 4.78 is 5.29. The summed E-state index contributed by atoms with van der Waals surface area (Å²) in [4.78, 5) is 5.16. The van der Waals surface area contributed by atoms with Gasteiger partial charge in [-0.1, -0.05) is 11.6 Å². The van der Waals surface area contributed by atoms with Gasteiger partial charge in [-0.2, -0.15) is 0 Å². The Morgan fingerprint density at radius 2 is 2.20 bits per heavy atom. The molecule has 1 heterocycles. The predicted octanol–water partition coefficient (Wildman–Crippen LogP) is 2.15. The Labute approximate surface area is 97.7 Å². The molecular formula is C10H11ClN2OS. The van der Waals surface area contributed by atoms with Crippen LogP contribution in [0.4, 0.5) is 0 Å². The highest BCUT2D eigenvalue weighted by Crippen LogP contribution is 2.22. The lowest BCUT2D eigenvalue weighted by molar-refractivity contribution is 0.247. The van der Waals surface area contributed by atoms with Crippen LogP contribution in [0.3, 0.4) is 0 Å². The lowest BCUT2D eigenvalue weighted by Gasteiger charge is -2.08. The van der Waals surface area contributed by atoms with E-state index in [1.165, 1.54) is 4.90 Å². The minimum atomic E-state index is 0.102. The maximum atomic E-state index is 5.79. The Morgan fingerprint density at radius 1 is 1.47 bits per heavy atom. The number of thioether (sulfide) groups is 1. The molecule has 0 fully saturated rings. The third-order valence-corrected chi connectivity index (χ3v) is 3.38. The number of hydrogen-bond acceptors (Lipinski definition) is 4. The minimum absolute atomic E-state index is 0.102. The maximum Gasteiger partial charge on any atom is 0.282 e. The fourth-order valence-electron chi connectivity index (χ4n) is 1.24. The van der Waals surface area contributed by atoms with Gasteiger partial charge >= 0.3 is 0 Å². The molecule has 0 saturated carbocycles. The fraction of sp³-hybridized carbons (Fsp3) is 0.300. The first kappa shape index (κ1) is 10.6. The van der Waals surface area contributed by atoms with Crippen molar-refractivity contribution < 1.29 is 4.74 Å². The molecule has 0 amide bonds. The first-order valence-corrected chi connectivity index (χ1v) is 5.95. The molecular weight excluding hydrogens is 232 g/mol. The highest BCUT2D eigenvalue weighted by molar-refractivity contribution is 7.99. The lowest BCUT2D eigenvalue weighted by Crippen LogP contribution is -2.19. The van der Waals surface area contributed by atoms with Crippen LogP contribution < -0.4 is 5.73 Å². The summed E-state index contributed by atoms with van der Waals surface area (Å²) in [6.45, 7) is 0.659. The van der Waals surface area contributed by atoms with Gasteiger partial charge in [-0.15, -0.1) is 11.8 Å². The molecule has 2 rings (SSSR count). The molecule has 0 saturated heterocycles. The molecule has 0 bridgehead atoms. The second kappa shape index (κ2) is 4.77. The predicted molar refractivity (Wildman–Crippen MR) is 63.5 cm³/mol. The Kier molecular flexibility index (Phi) is 3.38.